The highest BCUT2D eigenvalue weighted by molar-refractivity contribution is 5.83. The van der Waals surface area contributed by atoms with Crippen molar-refractivity contribution < 1.29 is 19.8 Å². The number of urea groups is 1. The molecular formula is C12H18N4O4. The lowest BCUT2D eigenvalue weighted by Crippen LogP contribution is -2.46. The van der Waals surface area contributed by atoms with Gasteiger partial charge in [0.25, 0.3) is 0 Å². The number of β-amino-alcohol motifs (C(OH)–C–C–N with tert-alkyl or cyclic N) is 1. The molecule has 2 amide bonds. The molecule has 0 spiro atoms. The van der Waals surface area contributed by atoms with E-state index in [1.807, 2.05) is 19.3 Å². The van der Waals surface area contributed by atoms with Crippen LogP contribution in [0.3, 0.4) is 0 Å². The summed E-state index contributed by atoms with van der Waals surface area (Å²) in [6, 6.07) is 0.427. The van der Waals surface area contributed by atoms with Crippen molar-refractivity contribution in [2.24, 2.45) is 7.05 Å². The summed E-state index contributed by atoms with van der Waals surface area (Å²) in [6.07, 6.45) is 1.68. The average Bonchev–Trinajstić information content (AvgIpc) is 2.95. The number of carbonyl (C=O) groups excluding carboxylic acids is 1. The molecule has 3 N–H and O–H groups in total. The zero-order valence-electron chi connectivity index (χ0n) is 11.2. The minimum absolute atomic E-state index is 0.0480. The zero-order valence-corrected chi connectivity index (χ0v) is 11.2. The highest BCUT2D eigenvalue weighted by Crippen LogP contribution is 2.17. The highest BCUT2D eigenvalue weighted by atomic mass is 16.4. The van der Waals surface area contributed by atoms with Gasteiger partial charge in [-0.3, -0.25) is 4.68 Å². The van der Waals surface area contributed by atoms with Gasteiger partial charge in [-0.25, -0.2) is 9.59 Å². The van der Waals surface area contributed by atoms with Gasteiger partial charge >= 0.3 is 12.0 Å². The van der Waals surface area contributed by atoms with Gasteiger partial charge in [0.05, 0.1) is 11.8 Å². The van der Waals surface area contributed by atoms with Crippen molar-refractivity contribution in [3.05, 3.63) is 18.0 Å². The number of carboxylic acid groups (broad SMARTS) is 1. The van der Waals surface area contributed by atoms with Crippen LogP contribution in [0.25, 0.3) is 0 Å². The Morgan fingerprint density at radius 1 is 1.55 bits per heavy atom. The summed E-state index contributed by atoms with van der Waals surface area (Å²) in [5.74, 6) is -1.10. The monoisotopic (exact) mass is 282 g/mol. The van der Waals surface area contributed by atoms with Crippen molar-refractivity contribution in [3.8, 4) is 0 Å². The Balaban J connectivity index is 1.83. The Kier molecular flexibility index (Phi) is 4.23. The number of nitrogens with zero attached hydrogens (tertiary/aromatic N) is 3. The van der Waals surface area contributed by atoms with Crippen molar-refractivity contribution in [1.29, 1.82) is 0 Å². The van der Waals surface area contributed by atoms with E-state index in [1.165, 1.54) is 0 Å². The molecule has 1 fully saturated rings. The SMILES string of the molecule is Cn1ccc(CCNC(=O)N2C[C@H](O)C[C@H]2C(=O)O)n1. The maximum atomic E-state index is 11.9. The molecule has 1 aromatic heterocycles. The molecule has 8 heteroatoms. The number of hydrogen-bond acceptors (Lipinski definition) is 4. The molecule has 1 aromatic rings. The summed E-state index contributed by atoms with van der Waals surface area (Å²) < 4.78 is 1.68. The molecular weight excluding hydrogens is 264 g/mol. The Labute approximate surface area is 116 Å². The first-order chi connectivity index (χ1) is 9.47. The molecule has 0 aliphatic carbocycles. The number of likely N-dealkylation sites (tertiary alicyclic amines) is 1. The first kappa shape index (κ1) is 14.3. The van der Waals surface area contributed by atoms with Gasteiger partial charge in [-0.05, 0) is 6.07 Å². The second kappa shape index (κ2) is 5.91. The lowest BCUT2D eigenvalue weighted by molar-refractivity contribution is -0.141. The van der Waals surface area contributed by atoms with Crippen LogP contribution in [0.1, 0.15) is 12.1 Å². The van der Waals surface area contributed by atoms with Crippen LogP contribution < -0.4 is 5.32 Å². The normalized spacial score (nSPS) is 22.0. The average molecular weight is 282 g/mol. The summed E-state index contributed by atoms with van der Waals surface area (Å²) in [6.45, 7) is 0.418. The van der Waals surface area contributed by atoms with Gasteiger partial charge < -0.3 is 20.4 Å². The van der Waals surface area contributed by atoms with Crippen LogP contribution in [0.2, 0.25) is 0 Å². The van der Waals surface area contributed by atoms with E-state index in [0.717, 1.165) is 10.6 Å². The summed E-state index contributed by atoms with van der Waals surface area (Å²) in [5, 5.41) is 25.3. The molecule has 2 heterocycles. The number of aliphatic carboxylic acids is 1. The molecule has 20 heavy (non-hydrogen) atoms. The van der Waals surface area contributed by atoms with E-state index in [1.54, 1.807) is 4.68 Å². The molecule has 0 radical (unpaired) electrons. The minimum Gasteiger partial charge on any atom is -0.480 e. The molecule has 2 atom stereocenters. The smallest absolute Gasteiger partial charge is 0.326 e. The van der Waals surface area contributed by atoms with Crippen molar-refractivity contribution >= 4 is 12.0 Å². The van der Waals surface area contributed by atoms with Gasteiger partial charge in [-0.1, -0.05) is 0 Å². The molecule has 2 rings (SSSR count). The van der Waals surface area contributed by atoms with E-state index in [4.69, 9.17) is 5.11 Å². The Morgan fingerprint density at radius 2 is 2.30 bits per heavy atom. The fourth-order valence-corrected chi connectivity index (χ4v) is 2.27. The van der Waals surface area contributed by atoms with Crippen LogP contribution in [0.15, 0.2) is 12.3 Å². The predicted octanol–water partition coefficient (Wildman–Crippen LogP) is -0.808. The summed E-state index contributed by atoms with van der Waals surface area (Å²) in [7, 11) is 1.81. The number of rotatable bonds is 4. The molecule has 0 unspecified atom stereocenters. The van der Waals surface area contributed by atoms with E-state index in [2.05, 4.69) is 10.4 Å². The third kappa shape index (κ3) is 3.27. The van der Waals surface area contributed by atoms with Crippen LogP contribution in [0.5, 0.6) is 0 Å². The predicted molar refractivity (Wildman–Crippen MR) is 69.1 cm³/mol. The van der Waals surface area contributed by atoms with Crippen LogP contribution in [0, 0.1) is 0 Å². The van der Waals surface area contributed by atoms with E-state index in [0.29, 0.717) is 13.0 Å². The number of aliphatic hydroxyl groups is 1. The second-order valence-electron chi connectivity index (χ2n) is 4.86. The quantitative estimate of drug-likeness (QED) is 0.669. The number of aryl methyl sites for hydroxylation is 1. The van der Waals surface area contributed by atoms with Gasteiger partial charge in [0.2, 0.25) is 0 Å². The van der Waals surface area contributed by atoms with Crippen LogP contribution in [-0.4, -0.2) is 62.1 Å². The van der Waals surface area contributed by atoms with Crippen molar-refractivity contribution in [2.75, 3.05) is 13.1 Å². The lowest BCUT2D eigenvalue weighted by Gasteiger charge is -2.21. The molecule has 0 saturated carbocycles. The third-order valence-electron chi connectivity index (χ3n) is 3.25. The van der Waals surface area contributed by atoms with Gasteiger partial charge in [-0.2, -0.15) is 5.10 Å². The highest BCUT2D eigenvalue weighted by Gasteiger charge is 2.38. The summed E-state index contributed by atoms with van der Waals surface area (Å²) >= 11 is 0. The maximum Gasteiger partial charge on any atom is 0.326 e. The molecule has 8 nitrogen and oxygen atoms in total. The molecule has 0 bridgehead atoms. The van der Waals surface area contributed by atoms with Crippen molar-refractivity contribution in [3.63, 3.8) is 0 Å². The van der Waals surface area contributed by atoms with E-state index < -0.39 is 24.1 Å². The first-order valence-corrected chi connectivity index (χ1v) is 6.41. The second-order valence-corrected chi connectivity index (χ2v) is 4.86. The number of carbonyl (C=O) groups is 2. The zero-order chi connectivity index (χ0) is 14.7. The molecule has 110 valence electrons. The van der Waals surface area contributed by atoms with Crippen LogP contribution >= 0.6 is 0 Å². The van der Waals surface area contributed by atoms with Crippen LogP contribution in [0.4, 0.5) is 4.79 Å². The molecule has 0 aromatic carbocycles. The fraction of sp³-hybridized carbons (Fsp3) is 0.583. The number of amides is 2. The Bertz CT molecular complexity index is 501. The summed E-state index contributed by atoms with van der Waals surface area (Å²) in [5.41, 5.74) is 0.851. The largest absolute Gasteiger partial charge is 0.480 e. The number of carboxylic acids is 1. The molecule has 1 saturated heterocycles. The summed E-state index contributed by atoms with van der Waals surface area (Å²) in [4.78, 5) is 24.1. The fourth-order valence-electron chi connectivity index (χ4n) is 2.27. The van der Waals surface area contributed by atoms with E-state index in [-0.39, 0.29) is 13.0 Å². The van der Waals surface area contributed by atoms with Gasteiger partial charge in [0.15, 0.2) is 0 Å². The third-order valence-corrected chi connectivity index (χ3v) is 3.25. The minimum atomic E-state index is -1.10. The van der Waals surface area contributed by atoms with Crippen molar-refractivity contribution in [1.82, 2.24) is 20.0 Å². The molecule has 1 aliphatic heterocycles. The topological polar surface area (TPSA) is 108 Å². The number of aliphatic hydroxyl groups excluding tert-OH is 1. The lowest BCUT2D eigenvalue weighted by atomic mass is 10.2. The van der Waals surface area contributed by atoms with Gasteiger partial charge in [-0.15, -0.1) is 0 Å². The number of nitrogens with one attached hydrogen (secondary N) is 1. The Hall–Kier alpha value is -2.09. The maximum absolute atomic E-state index is 11.9. The van der Waals surface area contributed by atoms with Gasteiger partial charge in [0.1, 0.15) is 6.04 Å². The number of aromatic nitrogens is 2. The molecule has 1 aliphatic rings. The standard InChI is InChI=1S/C12H18N4O4/c1-15-5-3-8(14-15)2-4-13-12(20)16-7-9(17)6-10(16)11(18)19/h3,5,9-10,17H,2,4,6-7H2,1H3,(H,13,20)(H,18,19)/t9-,10+/m1/s1. The van der Waals surface area contributed by atoms with Crippen molar-refractivity contribution in [2.45, 2.75) is 25.0 Å². The Morgan fingerprint density at radius 3 is 2.90 bits per heavy atom. The van der Waals surface area contributed by atoms with Gasteiger partial charge in [0, 0.05) is 39.2 Å². The van der Waals surface area contributed by atoms with E-state index in [9.17, 15) is 14.7 Å². The van der Waals surface area contributed by atoms with E-state index >= 15 is 0 Å². The number of hydrogen-bond donors (Lipinski definition) is 3. The van der Waals surface area contributed by atoms with Crippen LogP contribution in [-0.2, 0) is 18.3 Å². The first-order valence-electron chi connectivity index (χ1n) is 6.41.